The third-order valence-electron chi connectivity index (χ3n) is 4.56. The molecule has 1 fully saturated rings. The van der Waals surface area contributed by atoms with Gasteiger partial charge >= 0.3 is 0 Å². The molecule has 0 radical (unpaired) electrons. The van der Waals surface area contributed by atoms with Gasteiger partial charge in [-0.1, -0.05) is 18.2 Å². The van der Waals surface area contributed by atoms with Gasteiger partial charge in [0.1, 0.15) is 0 Å². The van der Waals surface area contributed by atoms with Crippen LogP contribution in [0.15, 0.2) is 24.3 Å². The Bertz CT molecular complexity index is 517. The first-order valence-corrected chi connectivity index (χ1v) is 7.89. The highest BCUT2D eigenvalue weighted by atomic mass is 16.5. The molecule has 1 aromatic carbocycles. The summed E-state index contributed by atoms with van der Waals surface area (Å²) in [7, 11) is 0. The average Bonchev–Trinajstić information content (AvgIpc) is 2.50. The zero-order valence-corrected chi connectivity index (χ0v) is 12.9. The van der Waals surface area contributed by atoms with Crippen LogP contribution in [0.2, 0.25) is 0 Å². The minimum atomic E-state index is 0.147. The number of ether oxygens (including phenoxy) is 1. The Morgan fingerprint density at radius 3 is 2.95 bits per heavy atom. The van der Waals surface area contributed by atoms with Crippen molar-refractivity contribution < 1.29 is 9.53 Å². The Hall–Kier alpha value is -1.55. The summed E-state index contributed by atoms with van der Waals surface area (Å²) in [6, 6.07) is 8.88. The zero-order chi connectivity index (χ0) is 14.8. The monoisotopic (exact) mass is 288 g/mol. The third kappa shape index (κ3) is 3.05. The minimum Gasteiger partial charge on any atom is -0.375 e. The van der Waals surface area contributed by atoms with Crippen molar-refractivity contribution in [1.82, 2.24) is 4.90 Å². The summed E-state index contributed by atoms with van der Waals surface area (Å²) in [6.45, 7) is 6.79. The summed E-state index contributed by atoms with van der Waals surface area (Å²) < 4.78 is 5.52. The smallest absolute Gasteiger partial charge is 0.242 e. The van der Waals surface area contributed by atoms with Gasteiger partial charge in [0, 0.05) is 24.8 Å². The first-order valence-electron chi connectivity index (χ1n) is 7.89. The van der Waals surface area contributed by atoms with Crippen molar-refractivity contribution >= 4 is 11.6 Å². The van der Waals surface area contributed by atoms with Gasteiger partial charge in [0.15, 0.2) is 0 Å². The number of morpholine rings is 1. The lowest BCUT2D eigenvalue weighted by molar-refractivity contribution is -0.136. The molecule has 2 atom stereocenters. The largest absolute Gasteiger partial charge is 0.375 e. The van der Waals surface area contributed by atoms with Gasteiger partial charge < -0.3 is 14.5 Å². The standard InChI is InChI=1S/C17H24N2O2/c1-13-7-8-15-5-3-4-6-16(15)19(13)12-17(20)18-9-10-21-14(2)11-18/h3-6,13-14H,7-12H2,1-2H3/t13-,14+/m1/s1. The highest BCUT2D eigenvalue weighted by Gasteiger charge is 2.28. The number of aryl methyl sites for hydroxylation is 1. The predicted octanol–water partition coefficient (Wildman–Crippen LogP) is 2.08. The van der Waals surface area contributed by atoms with Crippen molar-refractivity contribution in [2.45, 2.75) is 38.8 Å². The lowest BCUT2D eigenvalue weighted by Crippen LogP contribution is -2.50. The molecule has 1 amide bonds. The number of fused-ring (bicyclic) bond motifs is 1. The van der Waals surface area contributed by atoms with E-state index in [9.17, 15) is 4.79 Å². The first-order chi connectivity index (χ1) is 10.1. The van der Waals surface area contributed by atoms with Crippen LogP contribution in [0.3, 0.4) is 0 Å². The van der Waals surface area contributed by atoms with E-state index in [1.54, 1.807) is 0 Å². The van der Waals surface area contributed by atoms with Gasteiger partial charge in [-0.3, -0.25) is 4.79 Å². The van der Waals surface area contributed by atoms with Gasteiger partial charge in [-0.05, 0) is 38.3 Å². The van der Waals surface area contributed by atoms with E-state index in [1.807, 2.05) is 11.8 Å². The molecule has 2 heterocycles. The average molecular weight is 288 g/mol. The maximum Gasteiger partial charge on any atom is 0.242 e. The van der Waals surface area contributed by atoms with E-state index in [-0.39, 0.29) is 12.0 Å². The van der Waals surface area contributed by atoms with Crippen molar-refractivity contribution in [3.63, 3.8) is 0 Å². The molecule has 4 nitrogen and oxygen atoms in total. The number of anilines is 1. The van der Waals surface area contributed by atoms with Crippen molar-refractivity contribution in [3.05, 3.63) is 29.8 Å². The SMILES string of the molecule is C[C@@H]1CCc2ccccc2N1CC(=O)N1CCO[C@@H](C)C1. The first kappa shape index (κ1) is 14.4. The van der Waals surface area contributed by atoms with E-state index >= 15 is 0 Å². The molecule has 0 saturated carbocycles. The Balaban J connectivity index is 1.73. The second kappa shape index (κ2) is 6.06. The molecular formula is C17H24N2O2. The number of carbonyl (C=O) groups excluding carboxylic acids is 1. The Morgan fingerprint density at radius 2 is 2.14 bits per heavy atom. The Labute approximate surface area is 126 Å². The summed E-state index contributed by atoms with van der Waals surface area (Å²) in [5.74, 6) is 0.216. The van der Waals surface area contributed by atoms with Gasteiger partial charge in [-0.2, -0.15) is 0 Å². The van der Waals surface area contributed by atoms with Gasteiger partial charge in [-0.15, -0.1) is 0 Å². The summed E-state index contributed by atoms with van der Waals surface area (Å²) in [5, 5.41) is 0. The normalized spacial score (nSPS) is 25.6. The van der Waals surface area contributed by atoms with Crippen molar-refractivity contribution in [1.29, 1.82) is 0 Å². The highest BCUT2D eigenvalue weighted by Crippen LogP contribution is 2.30. The predicted molar refractivity (Wildman–Crippen MR) is 83.6 cm³/mol. The number of benzene rings is 1. The molecule has 0 aliphatic carbocycles. The Kier molecular flexibility index (Phi) is 4.15. The second-order valence-corrected chi connectivity index (χ2v) is 6.17. The fourth-order valence-corrected chi connectivity index (χ4v) is 3.29. The maximum absolute atomic E-state index is 12.6. The van der Waals surface area contributed by atoms with Crippen LogP contribution in [0.25, 0.3) is 0 Å². The van der Waals surface area contributed by atoms with Crippen LogP contribution in [-0.4, -0.2) is 49.2 Å². The quantitative estimate of drug-likeness (QED) is 0.835. The van der Waals surface area contributed by atoms with Gasteiger partial charge in [0.25, 0.3) is 0 Å². The molecule has 2 aliphatic rings. The molecule has 0 unspecified atom stereocenters. The molecule has 2 aliphatic heterocycles. The van der Waals surface area contributed by atoms with Crippen LogP contribution >= 0.6 is 0 Å². The van der Waals surface area contributed by atoms with E-state index in [0.29, 0.717) is 32.3 Å². The molecule has 0 bridgehead atoms. The van der Waals surface area contributed by atoms with Gasteiger partial charge in [0.05, 0.1) is 19.3 Å². The number of hydrogen-bond donors (Lipinski definition) is 0. The molecule has 0 N–H and O–H groups in total. The number of nitrogens with zero attached hydrogens (tertiary/aromatic N) is 2. The van der Waals surface area contributed by atoms with E-state index in [0.717, 1.165) is 12.8 Å². The molecule has 114 valence electrons. The number of carbonyl (C=O) groups is 1. The number of para-hydroxylation sites is 1. The summed E-state index contributed by atoms with van der Waals surface area (Å²) in [6.07, 6.45) is 2.37. The third-order valence-corrected chi connectivity index (χ3v) is 4.56. The van der Waals surface area contributed by atoms with Crippen LogP contribution in [0.4, 0.5) is 5.69 Å². The fraction of sp³-hybridized carbons (Fsp3) is 0.588. The van der Waals surface area contributed by atoms with E-state index in [4.69, 9.17) is 4.74 Å². The molecule has 1 aromatic rings. The highest BCUT2D eigenvalue weighted by molar-refractivity contribution is 5.82. The fourth-order valence-electron chi connectivity index (χ4n) is 3.29. The summed E-state index contributed by atoms with van der Waals surface area (Å²) in [5.41, 5.74) is 2.59. The van der Waals surface area contributed by atoms with Crippen molar-refractivity contribution in [2.24, 2.45) is 0 Å². The molecule has 21 heavy (non-hydrogen) atoms. The number of hydrogen-bond acceptors (Lipinski definition) is 3. The van der Waals surface area contributed by atoms with Crippen molar-refractivity contribution in [2.75, 3.05) is 31.1 Å². The number of rotatable bonds is 2. The summed E-state index contributed by atoms with van der Waals surface area (Å²) in [4.78, 5) is 16.8. The maximum atomic E-state index is 12.6. The van der Waals surface area contributed by atoms with Crippen LogP contribution in [0, 0.1) is 0 Å². The summed E-state index contributed by atoms with van der Waals surface area (Å²) >= 11 is 0. The number of amides is 1. The molecule has 1 saturated heterocycles. The lowest BCUT2D eigenvalue weighted by Gasteiger charge is -2.39. The molecular weight excluding hydrogens is 264 g/mol. The Morgan fingerprint density at radius 1 is 1.33 bits per heavy atom. The van der Waals surface area contributed by atoms with Crippen molar-refractivity contribution in [3.8, 4) is 0 Å². The van der Waals surface area contributed by atoms with E-state index in [1.165, 1.54) is 11.3 Å². The second-order valence-electron chi connectivity index (χ2n) is 6.17. The van der Waals surface area contributed by atoms with Crippen LogP contribution in [0.5, 0.6) is 0 Å². The van der Waals surface area contributed by atoms with Crippen LogP contribution < -0.4 is 4.90 Å². The molecule has 0 spiro atoms. The zero-order valence-electron chi connectivity index (χ0n) is 12.9. The minimum absolute atomic E-state index is 0.147. The molecule has 3 rings (SSSR count). The molecule has 4 heteroatoms. The lowest BCUT2D eigenvalue weighted by atomic mass is 9.96. The topological polar surface area (TPSA) is 32.8 Å². The van der Waals surface area contributed by atoms with E-state index in [2.05, 4.69) is 36.1 Å². The van der Waals surface area contributed by atoms with Crippen LogP contribution in [0.1, 0.15) is 25.8 Å². The van der Waals surface area contributed by atoms with Gasteiger partial charge in [0.2, 0.25) is 5.91 Å². The van der Waals surface area contributed by atoms with Gasteiger partial charge in [-0.25, -0.2) is 0 Å². The van der Waals surface area contributed by atoms with Crippen LogP contribution in [-0.2, 0) is 16.0 Å². The molecule has 0 aromatic heterocycles. The van der Waals surface area contributed by atoms with E-state index < -0.39 is 0 Å².